The summed E-state index contributed by atoms with van der Waals surface area (Å²) < 4.78 is 16.6. The Morgan fingerprint density at radius 3 is 2.79 bits per heavy atom. The highest BCUT2D eigenvalue weighted by Crippen LogP contribution is 2.51. The summed E-state index contributed by atoms with van der Waals surface area (Å²) in [6.45, 7) is 4.23. The monoisotopic (exact) mass is 393 g/mol. The van der Waals surface area contributed by atoms with E-state index < -0.39 is 0 Å². The lowest BCUT2D eigenvalue weighted by molar-refractivity contribution is -0.132. The number of nitrogens with one attached hydrogen (secondary N) is 1. The molecule has 2 aliphatic rings. The number of fused-ring (bicyclic) bond motifs is 3. The third-order valence-electron chi connectivity index (χ3n) is 5.61. The van der Waals surface area contributed by atoms with E-state index in [9.17, 15) is 4.79 Å². The molecule has 0 spiro atoms. The van der Waals surface area contributed by atoms with Crippen LogP contribution in [-0.2, 0) is 4.79 Å². The van der Waals surface area contributed by atoms with Crippen molar-refractivity contribution in [3.05, 3.63) is 59.7 Å². The van der Waals surface area contributed by atoms with Crippen LogP contribution in [0.15, 0.2) is 48.6 Å². The molecule has 0 bridgehead atoms. The van der Waals surface area contributed by atoms with E-state index in [2.05, 4.69) is 36.5 Å². The van der Waals surface area contributed by atoms with Gasteiger partial charge in [-0.1, -0.05) is 25.1 Å². The van der Waals surface area contributed by atoms with Crippen LogP contribution in [0.4, 0.5) is 5.69 Å². The molecule has 0 saturated carbocycles. The molecule has 0 radical (unpaired) electrons. The van der Waals surface area contributed by atoms with Crippen LogP contribution in [0.25, 0.3) is 0 Å². The third-order valence-corrected chi connectivity index (χ3v) is 5.61. The highest BCUT2D eigenvalue weighted by Gasteiger charge is 2.38. The second-order valence-corrected chi connectivity index (χ2v) is 7.58. The summed E-state index contributed by atoms with van der Waals surface area (Å²) in [6.07, 6.45) is 6.58. The second-order valence-electron chi connectivity index (χ2n) is 7.58. The minimum absolute atomic E-state index is 0.144. The Labute approximate surface area is 171 Å². The first-order valence-electron chi connectivity index (χ1n) is 10.2. The lowest BCUT2D eigenvalue weighted by Gasteiger charge is -2.37. The summed E-state index contributed by atoms with van der Waals surface area (Å²) in [7, 11) is 1.59. The van der Waals surface area contributed by atoms with Gasteiger partial charge in [0, 0.05) is 18.5 Å². The molecule has 1 heterocycles. The summed E-state index contributed by atoms with van der Waals surface area (Å²) >= 11 is 0. The predicted octanol–water partition coefficient (Wildman–Crippen LogP) is 5.24. The number of rotatable bonds is 6. The quantitative estimate of drug-likeness (QED) is 0.413. The maximum absolute atomic E-state index is 11.3. The molecule has 5 heteroatoms. The van der Waals surface area contributed by atoms with Crippen molar-refractivity contribution in [1.29, 1.82) is 0 Å². The van der Waals surface area contributed by atoms with Gasteiger partial charge in [0.1, 0.15) is 5.75 Å². The number of hydrogen-bond acceptors (Lipinski definition) is 5. The van der Waals surface area contributed by atoms with Gasteiger partial charge in [0.05, 0.1) is 19.8 Å². The first-order valence-corrected chi connectivity index (χ1v) is 10.2. The third kappa shape index (κ3) is 3.82. The van der Waals surface area contributed by atoms with E-state index in [-0.39, 0.29) is 12.0 Å². The van der Waals surface area contributed by atoms with Crippen LogP contribution in [0.2, 0.25) is 0 Å². The number of hydrogen-bond donors (Lipinski definition) is 1. The molecule has 1 aliphatic carbocycles. The Hall–Kier alpha value is -2.95. The Morgan fingerprint density at radius 2 is 2.03 bits per heavy atom. The highest BCUT2D eigenvalue weighted by atomic mass is 16.6. The lowest BCUT2D eigenvalue weighted by atomic mass is 9.77. The van der Waals surface area contributed by atoms with Crippen molar-refractivity contribution in [3.8, 4) is 17.2 Å². The SMILES string of the molecule is CCCOc1ccc2c(c1)C1C=CCC1C(c1ccc(OC(C)=O)c(OC)c1)N2. The summed E-state index contributed by atoms with van der Waals surface area (Å²) in [5.41, 5.74) is 3.54. The standard InChI is InChI=1S/C24H27NO4/c1-4-12-28-17-9-10-21-20(14-17)18-6-5-7-19(18)24(25-21)16-8-11-22(29-15(2)26)23(13-16)27-3/h5-6,8-11,13-14,18-19,24-25H,4,7,12H2,1-3H3. The van der Waals surface area contributed by atoms with Crippen molar-refractivity contribution in [2.24, 2.45) is 5.92 Å². The van der Waals surface area contributed by atoms with Crippen molar-refractivity contribution in [2.45, 2.75) is 38.6 Å². The van der Waals surface area contributed by atoms with Gasteiger partial charge in [0.2, 0.25) is 0 Å². The molecule has 5 nitrogen and oxygen atoms in total. The average molecular weight is 393 g/mol. The van der Waals surface area contributed by atoms with E-state index in [0.29, 0.717) is 23.3 Å². The predicted molar refractivity (Wildman–Crippen MR) is 113 cm³/mol. The number of anilines is 1. The molecule has 2 aromatic carbocycles. The molecule has 1 N–H and O–H groups in total. The van der Waals surface area contributed by atoms with Crippen molar-refractivity contribution in [2.75, 3.05) is 19.0 Å². The van der Waals surface area contributed by atoms with E-state index in [1.54, 1.807) is 7.11 Å². The molecule has 0 saturated heterocycles. The highest BCUT2D eigenvalue weighted by molar-refractivity contribution is 5.70. The Bertz CT molecular complexity index is 936. The fourth-order valence-electron chi connectivity index (χ4n) is 4.33. The normalized spacial score (nSPS) is 21.7. The van der Waals surface area contributed by atoms with Gasteiger partial charge in [-0.25, -0.2) is 0 Å². The first-order chi connectivity index (χ1) is 14.1. The van der Waals surface area contributed by atoms with Gasteiger partial charge in [0.15, 0.2) is 11.5 Å². The van der Waals surface area contributed by atoms with Crippen LogP contribution in [0.5, 0.6) is 17.2 Å². The fraction of sp³-hybridized carbons (Fsp3) is 0.375. The number of carbonyl (C=O) groups is 1. The zero-order valence-electron chi connectivity index (χ0n) is 17.1. The fourth-order valence-corrected chi connectivity index (χ4v) is 4.33. The number of benzene rings is 2. The summed E-state index contributed by atoms with van der Waals surface area (Å²) in [4.78, 5) is 11.3. The van der Waals surface area contributed by atoms with Crippen molar-refractivity contribution < 1.29 is 19.0 Å². The smallest absolute Gasteiger partial charge is 0.308 e. The number of allylic oxidation sites excluding steroid dienone is 2. The van der Waals surface area contributed by atoms with Crippen molar-refractivity contribution in [1.82, 2.24) is 0 Å². The molecular weight excluding hydrogens is 366 g/mol. The van der Waals surface area contributed by atoms with Gasteiger partial charge in [-0.15, -0.1) is 0 Å². The average Bonchev–Trinajstić information content (AvgIpc) is 3.22. The van der Waals surface area contributed by atoms with E-state index in [0.717, 1.165) is 36.4 Å². The Morgan fingerprint density at radius 1 is 1.17 bits per heavy atom. The van der Waals surface area contributed by atoms with Gasteiger partial charge in [-0.3, -0.25) is 4.79 Å². The maximum Gasteiger partial charge on any atom is 0.308 e. The maximum atomic E-state index is 11.3. The zero-order valence-corrected chi connectivity index (χ0v) is 17.1. The Balaban J connectivity index is 1.66. The van der Waals surface area contributed by atoms with E-state index in [1.807, 2.05) is 24.3 Å². The molecule has 0 aromatic heterocycles. The summed E-state index contributed by atoms with van der Waals surface area (Å²) in [5, 5.41) is 3.72. The largest absolute Gasteiger partial charge is 0.494 e. The number of ether oxygens (including phenoxy) is 3. The topological polar surface area (TPSA) is 56.8 Å². The van der Waals surface area contributed by atoms with Crippen molar-refractivity contribution in [3.63, 3.8) is 0 Å². The van der Waals surface area contributed by atoms with E-state index in [4.69, 9.17) is 14.2 Å². The summed E-state index contributed by atoms with van der Waals surface area (Å²) in [5.74, 6) is 2.34. The van der Waals surface area contributed by atoms with Gasteiger partial charge in [-0.05, 0) is 60.2 Å². The molecule has 29 heavy (non-hydrogen) atoms. The molecule has 3 unspecified atom stereocenters. The molecule has 2 aromatic rings. The second kappa shape index (κ2) is 8.19. The van der Waals surface area contributed by atoms with Crippen LogP contribution in [0.1, 0.15) is 49.8 Å². The van der Waals surface area contributed by atoms with Crippen LogP contribution < -0.4 is 19.5 Å². The van der Waals surface area contributed by atoms with Crippen LogP contribution in [0.3, 0.4) is 0 Å². The Kier molecular flexibility index (Phi) is 5.47. The van der Waals surface area contributed by atoms with Gasteiger partial charge in [0.25, 0.3) is 0 Å². The molecule has 0 amide bonds. The van der Waals surface area contributed by atoms with Gasteiger partial charge in [-0.2, -0.15) is 0 Å². The number of methoxy groups -OCH3 is 1. The van der Waals surface area contributed by atoms with Crippen LogP contribution in [-0.4, -0.2) is 19.7 Å². The minimum Gasteiger partial charge on any atom is -0.494 e. The van der Waals surface area contributed by atoms with Gasteiger partial charge >= 0.3 is 5.97 Å². The van der Waals surface area contributed by atoms with E-state index in [1.165, 1.54) is 12.5 Å². The van der Waals surface area contributed by atoms with Crippen LogP contribution in [0, 0.1) is 5.92 Å². The first kappa shape index (κ1) is 19.4. The molecule has 1 aliphatic heterocycles. The molecule has 4 rings (SSSR count). The minimum atomic E-state index is -0.359. The summed E-state index contributed by atoms with van der Waals surface area (Å²) in [6, 6.07) is 12.2. The van der Waals surface area contributed by atoms with Crippen molar-refractivity contribution >= 4 is 11.7 Å². The van der Waals surface area contributed by atoms with Crippen LogP contribution >= 0.6 is 0 Å². The zero-order chi connectivity index (χ0) is 20.4. The van der Waals surface area contributed by atoms with Gasteiger partial charge < -0.3 is 19.5 Å². The van der Waals surface area contributed by atoms with E-state index >= 15 is 0 Å². The molecule has 3 atom stereocenters. The molecule has 0 fully saturated rings. The molecular formula is C24H27NO4. The lowest BCUT2D eigenvalue weighted by Crippen LogP contribution is -2.29. The molecule has 152 valence electrons. The number of esters is 1. The number of carbonyl (C=O) groups excluding carboxylic acids is 1.